The van der Waals surface area contributed by atoms with Gasteiger partial charge in [-0.2, -0.15) is 0 Å². The molecule has 3 aromatic carbocycles. The molecule has 1 atom stereocenters. The first-order valence-corrected chi connectivity index (χ1v) is 13.2. The molecular formula is C32H33FN2O4. The van der Waals surface area contributed by atoms with Crippen LogP contribution in [0.4, 0.5) is 15.8 Å². The molecule has 5 rings (SSSR count). The van der Waals surface area contributed by atoms with E-state index in [-0.39, 0.29) is 22.1 Å². The van der Waals surface area contributed by atoms with Crippen molar-refractivity contribution in [1.82, 2.24) is 0 Å². The number of Topliss-reactive ketones (excluding diaryl/α,β-unsaturated/α-hetero) is 1. The third-order valence-corrected chi connectivity index (χ3v) is 7.56. The third kappa shape index (κ3) is 4.78. The lowest BCUT2D eigenvalue weighted by atomic mass is 9.85. The van der Waals surface area contributed by atoms with Crippen LogP contribution in [0.3, 0.4) is 0 Å². The predicted molar refractivity (Wildman–Crippen MR) is 151 cm³/mol. The largest absolute Gasteiger partial charge is 0.507 e. The summed E-state index contributed by atoms with van der Waals surface area (Å²) in [6.07, 6.45) is 2.26. The number of anilines is 2. The van der Waals surface area contributed by atoms with Crippen molar-refractivity contribution in [2.75, 3.05) is 30.0 Å². The topological polar surface area (TPSA) is 70.1 Å². The molecule has 2 heterocycles. The van der Waals surface area contributed by atoms with Gasteiger partial charge in [-0.05, 0) is 66.3 Å². The summed E-state index contributed by atoms with van der Waals surface area (Å²) in [5.74, 6) is -2.35. The molecule has 202 valence electrons. The second kappa shape index (κ2) is 10.2. The Morgan fingerprint density at radius 3 is 2.21 bits per heavy atom. The smallest absolute Gasteiger partial charge is 0.300 e. The van der Waals surface area contributed by atoms with Crippen molar-refractivity contribution in [2.45, 2.75) is 45.1 Å². The molecule has 39 heavy (non-hydrogen) atoms. The minimum atomic E-state index is -1.16. The van der Waals surface area contributed by atoms with E-state index in [4.69, 9.17) is 4.74 Å². The van der Waals surface area contributed by atoms with E-state index in [0.29, 0.717) is 11.4 Å². The first-order chi connectivity index (χ1) is 18.6. The normalized spacial score (nSPS) is 19.2. The Kier molecular flexibility index (Phi) is 6.93. The zero-order chi connectivity index (χ0) is 27.9. The molecule has 2 saturated heterocycles. The van der Waals surface area contributed by atoms with Gasteiger partial charge in [0, 0.05) is 30.0 Å². The number of benzene rings is 3. The van der Waals surface area contributed by atoms with Gasteiger partial charge in [-0.3, -0.25) is 14.5 Å². The number of hydrogen-bond donors (Lipinski definition) is 1. The van der Waals surface area contributed by atoms with Crippen molar-refractivity contribution in [2.24, 2.45) is 0 Å². The summed E-state index contributed by atoms with van der Waals surface area (Å²) in [6.45, 7) is 8.03. The molecule has 6 nitrogen and oxygen atoms in total. The number of carbonyl (C=O) groups excluding carboxylic acids is 2. The van der Waals surface area contributed by atoms with E-state index in [1.165, 1.54) is 24.1 Å². The van der Waals surface area contributed by atoms with Gasteiger partial charge in [0.2, 0.25) is 0 Å². The number of methoxy groups -OCH3 is 1. The van der Waals surface area contributed by atoms with Gasteiger partial charge in [0.1, 0.15) is 17.3 Å². The van der Waals surface area contributed by atoms with Crippen LogP contribution in [0, 0.1) is 5.82 Å². The fraction of sp³-hybridized carbons (Fsp3) is 0.312. The first kappa shape index (κ1) is 26.5. The average molecular weight is 529 g/mol. The Labute approximate surface area is 228 Å². The van der Waals surface area contributed by atoms with E-state index in [9.17, 15) is 14.7 Å². The highest BCUT2D eigenvalue weighted by atomic mass is 19.1. The summed E-state index contributed by atoms with van der Waals surface area (Å²) in [5, 5.41) is 11.7. The molecule has 2 aliphatic rings. The summed E-state index contributed by atoms with van der Waals surface area (Å²) in [6, 6.07) is 17.6. The van der Waals surface area contributed by atoms with E-state index in [0.717, 1.165) is 37.2 Å². The summed E-state index contributed by atoms with van der Waals surface area (Å²) >= 11 is 0. The predicted octanol–water partition coefficient (Wildman–Crippen LogP) is 6.36. The van der Waals surface area contributed by atoms with Crippen LogP contribution in [0.25, 0.3) is 5.76 Å². The van der Waals surface area contributed by atoms with Crippen molar-refractivity contribution in [1.29, 1.82) is 0 Å². The highest BCUT2D eigenvalue weighted by Gasteiger charge is 2.48. The number of aliphatic hydroxyl groups is 1. The molecule has 2 fully saturated rings. The van der Waals surface area contributed by atoms with Crippen molar-refractivity contribution in [3.63, 3.8) is 0 Å². The third-order valence-electron chi connectivity index (χ3n) is 7.56. The number of carbonyl (C=O) groups is 2. The van der Waals surface area contributed by atoms with E-state index in [1.807, 2.05) is 39.0 Å². The fourth-order valence-corrected chi connectivity index (χ4v) is 5.39. The van der Waals surface area contributed by atoms with Gasteiger partial charge in [0.15, 0.2) is 0 Å². The molecule has 7 heteroatoms. The van der Waals surface area contributed by atoms with Crippen LogP contribution in [0.15, 0.2) is 72.3 Å². The number of hydrogen-bond acceptors (Lipinski definition) is 5. The minimum Gasteiger partial charge on any atom is -0.507 e. The quantitative estimate of drug-likeness (QED) is 0.237. The van der Waals surface area contributed by atoms with Crippen LogP contribution in [0.2, 0.25) is 0 Å². The van der Waals surface area contributed by atoms with E-state index in [2.05, 4.69) is 4.90 Å². The van der Waals surface area contributed by atoms with Crippen molar-refractivity contribution in [3.8, 4) is 5.75 Å². The molecule has 1 unspecified atom stereocenters. The Morgan fingerprint density at radius 2 is 1.59 bits per heavy atom. The lowest BCUT2D eigenvalue weighted by molar-refractivity contribution is -0.132. The van der Waals surface area contributed by atoms with Crippen LogP contribution >= 0.6 is 0 Å². The monoisotopic (exact) mass is 528 g/mol. The molecule has 0 aliphatic carbocycles. The second-order valence-corrected chi connectivity index (χ2v) is 11.1. The molecule has 0 bridgehead atoms. The Bertz CT molecular complexity index is 1450. The molecule has 1 N–H and O–H groups in total. The first-order valence-electron chi connectivity index (χ1n) is 13.2. The summed E-state index contributed by atoms with van der Waals surface area (Å²) in [5.41, 5.74) is 2.33. The number of ether oxygens (including phenoxy) is 1. The zero-order valence-electron chi connectivity index (χ0n) is 22.7. The van der Waals surface area contributed by atoms with Gasteiger partial charge in [-0.1, -0.05) is 45.0 Å². The van der Waals surface area contributed by atoms with Crippen LogP contribution in [0.5, 0.6) is 5.75 Å². The molecule has 1 amide bonds. The van der Waals surface area contributed by atoms with Gasteiger partial charge >= 0.3 is 0 Å². The molecule has 0 radical (unpaired) electrons. The number of amides is 1. The van der Waals surface area contributed by atoms with Crippen LogP contribution in [-0.2, 0) is 15.0 Å². The van der Waals surface area contributed by atoms with Crippen LogP contribution in [-0.4, -0.2) is 37.0 Å². The van der Waals surface area contributed by atoms with Crippen LogP contribution < -0.4 is 14.5 Å². The van der Waals surface area contributed by atoms with Crippen molar-refractivity contribution < 1.29 is 23.8 Å². The van der Waals surface area contributed by atoms with Gasteiger partial charge in [-0.25, -0.2) is 4.39 Å². The Morgan fingerprint density at radius 1 is 0.949 bits per heavy atom. The molecule has 3 aromatic rings. The van der Waals surface area contributed by atoms with Crippen molar-refractivity contribution >= 4 is 28.8 Å². The van der Waals surface area contributed by atoms with Gasteiger partial charge in [0.25, 0.3) is 11.7 Å². The van der Waals surface area contributed by atoms with Gasteiger partial charge < -0.3 is 14.7 Å². The SMILES string of the molecule is COc1ccc(C(C)(C)C)cc1/C(O)=C1\C(=O)C(=O)N(c2ccc(N3CCCC3)cc2)C1c1ccccc1F. The molecule has 2 aliphatic heterocycles. The molecule has 0 saturated carbocycles. The van der Waals surface area contributed by atoms with E-state index < -0.39 is 29.3 Å². The number of halogens is 1. The number of ketones is 1. The number of rotatable bonds is 5. The highest BCUT2D eigenvalue weighted by molar-refractivity contribution is 6.51. The average Bonchev–Trinajstić information content (AvgIpc) is 3.55. The lowest BCUT2D eigenvalue weighted by Gasteiger charge is -2.27. The van der Waals surface area contributed by atoms with E-state index >= 15 is 4.39 Å². The minimum absolute atomic E-state index is 0.118. The van der Waals surface area contributed by atoms with Gasteiger partial charge in [0.05, 0.1) is 24.3 Å². The van der Waals surface area contributed by atoms with Crippen LogP contribution in [0.1, 0.15) is 56.3 Å². The zero-order valence-corrected chi connectivity index (χ0v) is 22.7. The number of aliphatic hydroxyl groups excluding tert-OH is 1. The Hall–Kier alpha value is -4.13. The Balaban J connectivity index is 1.69. The summed E-state index contributed by atoms with van der Waals surface area (Å²) in [4.78, 5) is 30.7. The molecule has 0 spiro atoms. The highest BCUT2D eigenvalue weighted by Crippen LogP contribution is 2.44. The summed E-state index contributed by atoms with van der Waals surface area (Å²) in [7, 11) is 1.47. The lowest BCUT2D eigenvalue weighted by Crippen LogP contribution is -2.30. The summed E-state index contributed by atoms with van der Waals surface area (Å²) < 4.78 is 20.8. The molecule has 0 aromatic heterocycles. The van der Waals surface area contributed by atoms with E-state index in [1.54, 1.807) is 36.4 Å². The number of nitrogens with zero attached hydrogens (tertiary/aromatic N) is 2. The molecular weight excluding hydrogens is 495 g/mol. The maximum absolute atomic E-state index is 15.3. The maximum Gasteiger partial charge on any atom is 0.300 e. The maximum atomic E-state index is 15.3. The standard InChI is InChI=1S/C32H33FN2O4/c1-32(2,3)20-11-16-26(39-4)24(19-20)29(36)27-28(23-9-5-6-10-25(23)33)35(31(38)30(27)37)22-14-12-21(13-15-22)34-17-7-8-18-34/h5-6,9-16,19,28,36H,7-8,17-18H2,1-4H3/b29-27+. The van der Waals surface area contributed by atoms with Crippen molar-refractivity contribution in [3.05, 3.63) is 94.8 Å². The second-order valence-electron chi connectivity index (χ2n) is 11.1. The van der Waals surface area contributed by atoms with Gasteiger partial charge in [-0.15, -0.1) is 0 Å². The fourth-order valence-electron chi connectivity index (χ4n) is 5.39.